The SMILES string of the molecule is CC(NC(=O)C(NC(=O)c1ccc(F)cc1)C(C)C)c1ncc(-c2ccccc2)[nH]1. The highest BCUT2D eigenvalue weighted by molar-refractivity contribution is 5.97. The molecule has 1 aromatic heterocycles. The first kappa shape index (κ1) is 21.2. The minimum atomic E-state index is -0.742. The molecule has 3 aromatic rings. The number of aromatic nitrogens is 2. The number of aromatic amines is 1. The summed E-state index contributed by atoms with van der Waals surface area (Å²) in [6.45, 7) is 5.52. The molecular weight excluding hydrogens is 383 g/mol. The maximum absolute atomic E-state index is 13.1. The number of H-pyrrole nitrogens is 1. The topological polar surface area (TPSA) is 86.9 Å². The highest BCUT2D eigenvalue weighted by atomic mass is 19.1. The van der Waals surface area contributed by atoms with Crippen LogP contribution >= 0.6 is 0 Å². The van der Waals surface area contributed by atoms with E-state index in [2.05, 4.69) is 20.6 Å². The van der Waals surface area contributed by atoms with Gasteiger partial charge in [0.05, 0.1) is 17.9 Å². The van der Waals surface area contributed by atoms with E-state index in [1.807, 2.05) is 51.1 Å². The number of hydrogen-bond acceptors (Lipinski definition) is 3. The molecule has 0 aliphatic carbocycles. The molecule has 0 saturated heterocycles. The maximum Gasteiger partial charge on any atom is 0.251 e. The van der Waals surface area contributed by atoms with Gasteiger partial charge in [-0.15, -0.1) is 0 Å². The molecule has 0 aliphatic heterocycles. The van der Waals surface area contributed by atoms with Crippen LogP contribution < -0.4 is 10.6 Å². The number of benzene rings is 2. The van der Waals surface area contributed by atoms with Gasteiger partial charge in [-0.25, -0.2) is 9.37 Å². The first-order valence-corrected chi connectivity index (χ1v) is 9.82. The van der Waals surface area contributed by atoms with E-state index in [-0.39, 0.29) is 17.9 Å². The van der Waals surface area contributed by atoms with Gasteiger partial charge in [0.15, 0.2) is 0 Å². The van der Waals surface area contributed by atoms with Gasteiger partial charge >= 0.3 is 0 Å². The Labute approximate surface area is 174 Å². The second-order valence-corrected chi connectivity index (χ2v) is 7.48. The molecule has 30 heavy (non-hydrogen) atoms. The Kier molecular flexibility index (Phi) is 6.61. The molecule has 2 atom stereocenters. The number of hydrogen-bond donors (Lipinski definition) is 3. The molecule has 156 valence electrons. The molecule has 0 radical (unpaired) electrons. The van der Waals surface area contributed by atoms with Gasteiger partial charge in [0.25, 0.3) is 5.91 Å². The highest BCUT2D eigenvalue weighted by Gasteiger charge is 2.26. The van der Waals surface area contributed by atoms with Crippen molar-refractivity contribution in [3.63, 3.8) is 0 Å². The fourth-order valence-electron chi connectivity index (χ4n) is 3.05. The van der Waals surface area contributed by atoms with Crippen LogP contribution in [-0.4, -0.2) is 27.8 Å². The van der Waals surface area contributed by atoms with E-state index in [1.165, 1.54) is 24.3 Å². The molecule has 3 N–H and O–H groups in total. The van der Waals surface area contributed by atoms with Crippen LogP contribution in [0.1, 0.15) is 43.0 Å². The van der Waals surface area contributed by atoms with Crippen molar-refractivity contribution < 1.29 is 14.0 Å². The van der Waals surface area contributed by atoms with E-state index in [0.29, 0.717) is 11.4 Å². The van der Waals surface area contributed by atoms with Crippen molar-refractivity contribution in [2.75, 3.05) is 0 Å². The third-order valence-corrected chi connectivity index (χ3v) is 4.79. The molecule has 2 unspecified atom stereocenters. The standard InChI is InChI=1S/C23H25FN4O2/c1-14(2)20(28-22(29)17-9-11-18(24)12-10-17)23(30)26-15(3)21-25-13-19(27-21)16-7-5-4-6-8-16/h4-15,20H,1-3H3,(H,25,27)(H,26,30)(H,28,29). The fourth-order valence-corrected chi connectivity index (χ4v) is 3.05. The Morgan fingerprint density at radius 3 is 2.27 bits per heavy atom. The molecule has 0 fully saturated rings. The molecule has 0 spiro atoms. The van der Waals surface area contributed by atoms with Crippen LogP contribution in [0.25, 0.3) is 11.3 Å². The molecule has 2 amide bonds. The van der Waals surface area contributed by atoms with Crippen LogP contribution in [0.15, 0.2) is 60.8 Å². The number of rotatable bonds is 7. The molecule has 6 nitrogen and oxygen atoms in total. The molecule has 0 aliphatic rings. The smallest absolute Gasteiger partial charge is 0.251 e. The Morgan fingerprint density at radius 1 is 0.967 bits per heavy atom. The number of imidazole rings is 1. The van der Waals surface area contributed by atoms with Crippen LogP contribution in [0.5, 0.6) is 0 Å². The summed E-state index contributed by atoms with van der Waals surface area (Å²) in [7, 11) is 0. The fraction of sp³-hybridized carbons (Fsp3) is 0.261. The van der Waals surface area contributed by atoms with E-state index >= 15 is 0 Å². The van der Waals surface area contributed by atoms with Gasteiger partial charge in [0, 0.05) is 5.56 Å². The minimum absolute atomic E-state index is 0.141. The first-order valence-electron chi connectivity index (χ1n) is 9.82. The average Bonchev–Trinajstić information content (AvgIpc) is 3.23. The minimum Gasteiger partial charge on any atom is -0.345 e. The number of carbonyl (C=O) groups excluding carboxylic acids is 2. The third kappa shape index (κ3) is 5.11. The lowest BCUT2D eigenvalue weighted by Crippen LogP contribution is -2.50. The summed E-state index contributed by atoms with van der Waals surface area (Å²) in [6.07, 6.45) is 1.73. The lowest BCUT2D eigenvalue weighted by atomic mass is 10.0. The number of halogens is 1. The zero-order valence-corrected chi connectivity index (χ0v) is 17.1. The van der Waals surface area contributed by atoms with E-state index < -0.39 is 17.8 Å². The Hall–Kier alpha value is -3.48. The van der Waals surface area contributed by atoms with Gasteiger partial charge in [-0.05, 0) is 42.7 Å². The largest absolute Gasteiger partial charge is 0.345 e. The van der Waals surface area contributed by atoms with Crippen LogP contribution in [-0.2, 0) is 4.79 Å². The van der Waals surface area contributed by atoms with Gasteiger partial charge in [0.2, 0.25) is 5.91 Å². The van der Waals surface area contributed by atoms with Crippen molar-refractivity contribution in [1.82, 2.24) is 20.6 Å². The van der Waals surface area contributed by atoms with Gasteiger partial charge in [-0.3, -0.25) is 9.59 Å². The maximum atomic E-state index is 13.1. The lowest BCUT2D eigenvalue weighted by Gasteiger charge is -2.23. The second kappa shape index (κ2) is 9.35. The van der Waals surface area contributed by atoms with E-state index in [4.69, 9.17) is 0 Å². The molecule has 3 rings (SSSR count). The number of carbonyl (C=O) groups is 2. The molecule has 1 heterocycles. The third-order valence-electron chi connectivity index (χ3n) is 4.79. The van der Waals surface area contributed by atoms with Crippen LogP contribution in [0.3, 0.4) is 0 Å². The average molecular weight is 408 g/mol. The predicted molar refractivity (Wildman–Crippen MR) is 113 cm³/mol. The Bertz CT molecular complexity index is 1000. The van der Waals surface area contributed by atoms with Gasteiger partial charge < -0.3 is 15.6 Å². The Morgan fingerprint density at radius 2 is 1.63 bits per heavy atom. The second-order valence-electron chi connectivity index (χ2n) is 7.48. The van der Waals surface area contributed by atoms with Gasteiger partial charge in [-0.1, -0.05) is 44.2 Å². The summed E-state index contributed by atoms with van der Waals surface area (Å²) in [5.74, 6) is -0.689. The van der Waals surface area contributed by atoms with Crippen molar-refractivity contribution in [2.45, 2.75) is 32.9 Å². The molecule has 0 bridgehead atoms. The van der Waals surface area contributed by atoms with Crippen LogP contribution in [0, 0.1) is 11.7 Å². The quantitative estimate of drug-likeness (QED) is 0.555. The highest BCUT2D eigenvalue weighted by Crippen LogP contribution is 2.19. The summed E-state index contributed by atoms with van der Waals surface area (Å²) in [5.41, 5.74) is 2.15. The van der Waals surface area contributed by atoms with Crippen molar-refractivity contribution >= 4 is 11.8 Å². The van der Waals surface area contributed by atoms with Gasteiger partial charge in [-0.2, -0.15) is 0 Å². The van der Waals surface area contributed by atoms with E-state index in [0.717, 1.165) is 11.3 Å². The van der Waals surface area contributed by atoms with E-state index in [1.54, 1.807) is 6.20 Å². The molecule has 0 saturated carbocycles. The number of nitrogens with zero attached hydrogens (tertiary/aromatic N) is 1. The molecule has 7 heteroatoms. The zero-order chi connectivity index (χ0) is 21.7. The van der Waals surface area contributed by atoms with Crippen molar-refractivity contribution in [2.24, 2.45) is 5.92 Å². The molecule has 2 aromatic carbocycles. The van der Waals surface area contributed by atoms with Crippen LogP contribution in [0.2, 0.25) is 0 Å². The van der Waals surface area contributed by atoms with Crippen molar-refractivity contribution in [3.8, 4) is 11.3 Å². The van der Waals surface area contributed by atoms with Crippen molar-refractivity contribution in [1.29, 1.82) is 0 Å². The predicted octanol–water partition coefficient (Wildman–Crippen LogP) is 3.85. The monoisotopic (exact) mass is 408 g/mol. The van der Waals surface area contributed by atoms with Crippen molar-refractivity contribution in [3.05, 3.63) is 78.0 Å². The zero-order valence-electron chi connectivity index (χ0n) is 17.1. The summed E-state index contributed by atoms with van der Waals surface area (Å²) in [5, 5.41) is 5.64. The van der Waals surface area contributed by atoms with Crippen LogP contribution in [0.4, 0.5) is 4.39 Å². The summed E-state index contributed by atoms with van der Waals surface area (Å²) >= 11 is 0. The number of nitrogens with one attached hydrogen (secondary N) is 3. The normalized spacial score (nSPS) is 13.0. The summed E-state index contributed by atoms with van der Waals surface area (Å²) in [6, 6.07) is 13.8. The lowest BCUT2D eigenvalue weighted by molar-refractivity contribution is -0.124. The summed E-state index contributed by atoms with van der Waals surface area (Å²) in [4.78, 5) is 32.9. The first-order chi connectivity index (χ1) is 14.3. The number of amides is 2. The van der Waals surface area contributed by atoms with E-state index in [9.17, 15) is 14.0 Å². The molecular formula is C23H25FN4O2. The Balaban J connectivity index is 1.66. The summed E-state index contributed by atoms with van der Waals surface area (Å²) < 4.78 is 13.1. The van der Waals surface area contributed by atoms with Gasteiger partial charge in [0.1, 0.15) is 17.7 Å².